The number of nitrogens with one attached hydrogen (secondary N) is 1. The standard InChI is InChI=1S/C16H33N3/c1-5-17-15-9-8-13(2)11-16(15)19-10-6-7-14(19)12-18(3)4/h13-17H,5-12H2,1-4H3. The Kier molecular flexibility index (Phi) is 5.67. The molecule has 1 N–H and O–H groups in total. The normalized spacial score (nSPS) is 37.1. The van der Waals surface area contributed by atoms with Crippen LogP contribution in [0.1, 0.15) is 46.0 Å². The first-order valence-electron chi connectivity index (χ1n) is 8.25. The van der Waals surface area contributed by atoms with Gasteiger partial charge in [0.25, 0.3) is 0 Å². The van der Waals surface area contributed by atoms with E-state index in [0.29, 0.717) is 0 Å². The molecule has 0 bridgehead atoms. The third-order valence-electron chi connectivity index (χ3n) is 4.97. The van der Waals surface area contributed by atoms with E-state index in [1.807, 2.05) is 0 Å². The Balaban J connectivity index is 2.02. The Hall–Kier alpha value is -0.120. The van der Waals surface area contributed by atoms with Crippen molar-refractivity contribution in [2.75, 3.05) is 33.7 Å². The van der Waals surface area contributed by atoms with Gasteiger partial charge in [-0.05, 0) is 65.2 Å². The van der Waals surface area contributed by atoms with E-state index < -0.39 is 0 Å². The number of hydrogen-bond donors (Lipinski definition) is 1. The SMILES string of the molecule is CCNC1CCC(C)CC1N1CCCC1CN(C)C. The Labute approximate surface area is 119 Å². The minimum atomic E-state index is 0.726. The molecule has 3 nitrogen and oxygen atoms in total. The van der Waals surface area contributed by atoms with Crippen LogP contribution in [0.3, 0.4) is 0 Å². The molecule has 112 valence electrons. The van der Waals surface area contributed by atoms with Crippen LogP contribution in [0.2, 0.25) is 0 Å². The second-order valence-electron chi connectivity index (χ2n) is 6.95. The van der Waals surface area contributed by atoms with Crippen LogP contribution in [0, 0.1) is 5.92 Å². The molecule has 0 amide bonds. The molecule has 0 aromatic heterocycles. The summed E-state index contributed by atoms with van der Waals surface area (Å²) in [6.45, 7) is 8.34. The van der Waals surface area contributed by atoms with Crippen LogP contribution in [-0.2, 0) is 0 Å². The monoisotopic (exact) mass is 267 g/mol. The molecule has 0 aromatic rings. The van der Waals surface area contributed by atoms with Gasteiger partial charge in [0, 0.05) is 24.7 Å². The summed E-state index contributed by atoms with van der Waals surface area (Å²) >= 11 is 0. The first-order chi connectivity index (χ1) is 9.11. The summed E-state index contributed by atoms with van der Waals surface area (Å²) in [6, 6.07) is 2.28. The fraction of sp³-hybridized carbons (Fsp3) is 1.00. The van der Waals surface area contributed by atoms with Gasteiger partial charge >= 0.3 is 0 Å². The quantitative estimate of drug-likeness (QED) is 0.824. The van der Waals surface area contributed by atoms with Gasteiger partial charge in [-0.25, -0.2) is 0 Å². The Bertz CT molecular complexity index is 267. The van der Waals surface area contributed by atoms with Crippen molar-refractivity contribution in [2.24, 2.45) is 5.92 Å². The average Bonchev–Trinajstić information content (AvgIpc) is 2.79. The summed E-state index contributed by atoms with van der Waals surface area (Å²) in [4.78, 5) is 5.19. The number of likely N-dealkylation sites (tertiary alicyclic amines) is 1. The highest BCUT2D eigenvalue weighted by Crippen LogP contribution is 2.32. The maximum absolute atomic E-state index is 3.75. The van der Waals surface area contributed by atoms with Gasteiger partial charge in [-0.1, -0.05) is 13.8 Å². The molecule has 4 unspecified atom stereocenters. The second-order valence-corrected chi connectivity index (χ2v) is 6.95. The molecule has 2 rings (SSSR count). The van der Waals surface area contributed by atoms with E-state index in [0.717, 1.165) is 30.6 Å². The lowest BCUT2D eigenvalue weighted by atomic mass is 9.82. The predicted octanol–water partition coefficient (Wildman–Crippen LogP) is 2.18. The molecule has 1 heterocycles. The zero-order valence-corrected chi connectivity index (χ0v) is 13.4. The molecule has 4 atom stereocenters. The van der Waals surface area contributed by atoms with Crippen molar-refractivity contribution in [1.29, 1.82) is 0 Å². The summed E-state index contributed by atoms with van der Waals surface area (Å²) in [5.41, 5.74) is 0. The summed E-state index contributed by atoms with van der Waals surface area (Å²) in [7, 11) is 4.42. The highest BCUT2D eigenvalue weighted by molar-refractivity contribution is 4.95. The van der Waals surface area contributed by atoms with Crippen molar-refractivity contribution in [3.05, 3.63) is 0 Å². The van der Waals surface area contributed by atoms with Gasteiger partial charge in [-0.3, -0.25) is 4.90 Å². The van der Waals surface area contributed by atoms with Gasteiger partial charge in [0.2, 0.25) is 0 Å². The number of rotatable bonds is 5. The van der Waals surface area contributed by atoms with Crippen molar-refractivity contribution in [1.82, 2.24) is 15.1 Å². The van der Waals surface area contributed by atoms with E-state index in [4.69, 9.17) is 0 Å². The summed E-state index contributed by atoms with van der Waals surface area (Å²) in [5.74, 6) is 0.903. The van der Waals surface area contributed by atoms with E-state index in [9.17, 15) is 0 Å². The van der Waals surface area contributed by atoms with Gasteiger partial charge in [-0.2, -0.15) is 0 Å². The fourth-order valence-corrected chi connectivity index (χ4v) is 4.13. The molecule has 1 aliphatic carbocycles. The van der Waals surface area contributed by atoms with E-state index in [1.54, 1.807) is 0 Å². The van der Waals surface area contributed by atoms with E-state index in [-0.39, 0.29) is 0 Å². The number of hydrogen-bond acceptors (Lipinski definition) is 3. The molecule has 2 aliphatic rings. The first kappa shape index (κ1) is 15.3. The Morgan fingerprint density at radius 3 is 2.68 bits per heavy atom. The molecule has 1 aliphatic heterocycles. The van der Waals surface area contributed by atoms with Gasteiger partial charge in [0.15, 0.2) is 0 Å². The van der Waals surface area contributed by atoms with Gasteiger partial charge in [0.1, 0.15) is 0 Å². The van der Waals surface area contributed by atoms with E-state index >= 15 is 0 Å². The Morgan fingerprint density at radius 1 is 1.21 bits per heavy atom. The molecule has 19 heavy (non-hydrogen) atoms. The fourth-order valence-electron chi connectivity index (χ4n) is 4.13. The van der Waals surface area contributed by atoms with Gasteiger partial charge < -0.3 is 10.2 Å². The molecular formula is C16H33N3. The maximum Gasteiger partial charge on any atom is 0.0255 e. The molecule has 0 spiro atoms. The minimum absolute atomic E-state index is 0.726. The third-order valence-corrected chi connectivity index (χ3v) is 4.97. The molecule has 2 fully saturated rings. The van der Waals surface area contributed by atoms with Crippen LogP contribution in [0.5, 0.6) is 0 Å². The van der Waals surface area contributed by atoms with Crippen molar-refractivity contribution in [2.45, 2.75) is 64.1 Å². The summed E-state index contributed by atoms with van der Waals surface area (Å²) in [6.07, 6.45) is 6.94. The predicted molar refractivity (Wildman–Crippen MR) is 82.5 cm³/mol. The lowest BCUT2D eigenvalue weighted by Crippen LogP contribution is -2.55. The summed E-state index contributed by atoms with van der Waals surface area (Å²) in [5, 5.41) is 3.75. The first-order valence-corrected chi connectivity index (χ1v) is 8.25. The minimum Gasteiger partial charge on any atom is -0.313 e. The van der Waals surface area contributed by atoms with Gasteiger partial charge in [0.05, 0.1) is 0 Å². The lowest BCUT2D eigenvalue weighted by molar-refractivity contribution is 0.0799. The van der Waals surface area contributed by atoms with E-state index in [1.165, 1.54) is 45.2 Å². The topological polar surface area (TPSA) is 18.5 Å². The van der Waals surface area contributed by atoms with Crippen LogP contribution in [0.4, 0.5) is 0 Å². The van der Waals surface area contributed by atoms with E-state index in [2.05, 4.69) is 43.1 Å². The summed E-state index contributed by atoms with van der Waals surface area (Å²) < 4.78 is 0. The van der Waals surface area contributed by atoms with Crippen molar-refractivity contribution in [3.8, 4) is 0 Å². The smallest absolute Gasteiger partial charge is 0.0255 e. The zero-order valence-electron chi connectivity index (χ0n) is 13.4. The molecular weight excluding hydrogens is 234 g/mol. The largest absolute Gasteiger partial charge is 0.313 e. The zero-order chi connectivity index (χ0) is 13.8. The third kappa shape index (κ3) is 3.93. The van der Waals surface area contributed by atoms with Crippen LogP contribution < -0.4 is 5.32 Å². The van der Waals surface area contributed by atoms with Crippen LogP contribution in [0.15, 0.2) is 0 Å². The van der Waals surface area contributed by atoms with Crippen LogP contribution in [-0.4, -0.2) is 61.7 Å². The van der Waals surface area contributed by atoms with Crippen molar-refractivity contribution < 1.29 is 0 Å². The van der Waals surface area contributed by atoms with Gasteiger partial charge in [-0.15, -0.1) is 0 Å². The molecule has 1 saturated carbocycles. The highest BCUT2D eigenvalue weighted by Gasteiger charge is 2.37. The van der Waals surface area contributed by atoms with Crippen molar-refractivity contribution >= 4 is 0 Å². The van der Waals surface area contributed by atoms with Crippen molar-refractivity contribution in [3.63, 3.8) is 0 Å². The lowest BCUT2D eigenvalue weighted by Gasteiger charge is -2.43. The van der Waals surface area contributed by atoms with Crippen LogP contribution >= 0.6 is 0 Å². The molecule has 0 aromatic carbocycles. The second kappa shape index (κ2) is 7.05. The highest BCUT2D eigenvalue weighted by atomic mass is 15.3. The number of nitrogens with zero attached hydrogens (tertiary/aromatic N) is 2. The Morgan fingerprint density at radius 2 is 2.00 bits per heavy atom. The molecule has 0 radical (unpaired) electrons. The average molecular weight is 267 g/mol. The molecule has 1 saturated heterocycles. The maximum atomic E-state index is 3.75. The molecule has 3 heteroatoms. The number of likely N-dealkylation sites (N-methyl/N-ethyl adjacent to an activating group) is 2. The van der Waals surface area contributed by atoms with Crippen LogP contribution in [0.25, 0.3) is 0 Å².